The van der Waals surface area contributed by atoms with Gasteiger partial charge < -0.3 is 10.0 Å². The van der Waals surface area contributed by atoms with Crippen LogP contribution in [0.3, 0.4) is 0 Å². The van der Waals surface area contributed by atoms with Crippen LogP contribution in [0.1, 0.15) is 11.1 Å². The fourth-order valence-corrected chi connectivity index (χ4v) is 2.07. The van der Waals surface area contributed by atoms with Crippen molar-refractivity contribution in [3.8, 4) is 0 Å². The minimum Gasteiger partial charge on any atom is -0.389 e. The van der Waals surface area contributed by atoms with Gasteiger partial charge in [0.1, 0.15) is 6.67 Å². The molecule has 0 saturated carbocycles. The smallest absolute Gasteiger partial charge is 0.246 e. The van der Waals surface area contributed by atoms with Crippen LogP contribution in [0.15, 0.2) is 35.3 Å². The Hall–Kier alpha value is -1.20. The number of rotatable bonds is 6. The van der Waals surface area contributed by atoms with E-state index in [1.807, 2.05) is 25.1 Å². The maximum absolute atomic E-state index is 12.4. The first-order valence-electron chi connectivity index (χ1n) is 5.88. The van der Waals surface area contributed by atoms with Crippen molar-refractivity contribution < 1.29 is 14.3 Å². The lowest BCUT2D eigenvalue weighted by Gasteiger charge is -2.24. The minimum atomic E-state index is -1.17. The largest absolute Gasteiger partial charge is 0.389 e. The Kier molecular flexibility index (Phi) is 6.18. The molecule has 1 aromatic carbocycles. The lowest BCUT2D eigenvalue weighted by atomic mass is 10.1. The highest BCUT2D eigenvalue weighted by molar-refractivity contribution is 9.10. The predicted octanol–water partition coefficient (Wildman–Crippen LogP) is 2.60. The Morgan fingerprint density at radius 3 is 2.89 bits per heavy atom. The monoisotopic (exact) mass is 329 g/mol. The molecule has 0 bridgehead atoms. The number of hydrogen-bond donors (Lipinski definition) is 1. The molecule has 1 amide bonds. The Morgan fingerprint density at radius 1 is 1.63 bits per heavy atom. The highest BCUT2D eigenvalue weighted by Crippen LogP contribution is 2.20. The van der Waals surface area contributed by atoms with Gasteiger partial charge in [0.2, 0.25) is 5.91 Å². The highest BCUT2D eigenvalue weighted by atomic mass is 79.9. The fourth-order valence-electron chi connectivity index (χ4n) is 1.70. The zero-order valence-corrected chi connectivity index (χ0v) is 12.4. The first-order chi connectivity index (χ1) is 8.97. The van der Waals surface area contributed by atoms with E-state index in [2.05, 4.69) is 22.5 Å². The Labute approximate surface area is 120 Å². The molecule has 1 N–H and O–H groups in total. The van der Waals surface area contributed by atoms with Crippen molar-refractivity contribution in [2.75, 3.05) is 13.2 Å². The van der Waals surface area contributed by atoms with Crippen LogP contribution in [0.5, 0.6) is 0 Å². The summed E-state index contributed by atoms with van der Waals surface area (Å²) in [5.41, 5.74) is 1.97. The molecule has 5 heteroatoms. The summed E-state index contributed by atoms with van der Waals surface area (Å²) in [6, 6.07) is 5.78. The van der Waals surface area contributed by atoms with Gasteiger partial charge in [-0.1, -0.05) is 40.2 Å². The van der Waals surface area contributed by atoms with Gasteiger partial charge in [0.25, 0.3) is 0 Å². The van der Waals surface area contributed by atoms with E-state index >= 15 is 0 Å². The second kappa shape index (κ2) is 7.40. The average Bonchev–Trinajstić information content (AvgIpc) is 2.40. The summed E-state index contributed by atoms with van der Waals surface area (Å²) in [4.78, 5) is 13.1. The van der Waals surface area contributed by atoms with E-state index in [0.29, 0.717) is 6.54 Å². The molecular weight excluding hydrogens is 313 g/mol. The van der Waals surface area contributed by atoms with E-state index in [9.17, 15) is 14.3 Å². The Morgan fingerprint density at radius 2 is 2.32 bits per heavy atom. The lowest BCUT2D eigenvalue weighted by Crippen LogP contribution is -2.37. The average molecular weight is 330 g/mol. The second-order valence-electron chi connectivity index (χ2n) is 4.33. The minimum absolute atomic E-state index is 0.0538. The van der Waals surface area contributed by atoms with Gasteiger partial charge in [0.15, 0.2) is 0 Å². The third-order valence-electron chi connectivity index (χ3n) is 2.66. The maximum atomic E-state index is 12.4. The molecule has 0 heterocycles. The molecule has 0 spiro atoms. The van der Waals surface area contributed by atoms with E-state index in [-0.39, 0.29) is 12.5 Å². The summed E-state index contributed by atoms with van der Waals surface area (Å²) < 4.78 is 13.2. The Balaban J connectivity index is 2.90. The van der Waals surface area contributed by atoms with Crippen LogP contribution in [0, 0.1) is 6.92 Å². The maximum Gasteiger partial charge on any atom is 0.246 e. The molecule has 0 fully saturated rings. The fraction of sp³-hybridized carbons (Fsp3) is 0.357. The molecule has 1 unspecified atom stereocenters. The van der Waals surface area contributed by atoms with Gasteiger partial charge in [-0.3, -0.25) is 4.79 Å². The van der Waals surface area contributed by atoms with Crippen molar-refractivity contribution in [3.05, 3.63) is 46.5 Å². The summed E-state index contributed by atoms with van der Waals surface area (Å²) in [6.45, 7) is 4.73. The molecule has 0 saturated heterocycles. The van der Waals surface area contributed by atoms with Crippen LogP contribution in [-0.2, 0) is 11.3 Å². The van der Waals surface area contributed by atoms with Crippen molar-refractivity contribution >= 4 is 21.8 Å². The third kappa shape index (κ3) is 4.76. The van der Waals surface area contributed by atoms with E-state index in [4.69, 9.17) is 0 Å². The number of carbonyl (C=O) groups is 1. The quantitative estimate of drug-likeness (QED) is 0.815. The summed E-state index contributed by atoms with van der Waals surface area (Å²) in [7, 11) is 0. The van der Waals surface area contributed by atoms with Crippen LogP contribution in [0.25, 0.3) is 0 Å². The summed E-state index contributed by atoms with van der Waals surface area (Å²) in [5, 5.41) is 9.36. The molecular formula is C14H17BrFNO2. The van der Waals surface area contributed by atoms with E-state index in [1.165, 1.54) is 4.90 Å². The molecule has 3 nitrogen and oxygen atoms in total. The van der Waals surface area contributed by atoms with E-state index in [0.717, 1.165) is 21.7 Å². The molecule has 1 aromatic rings. The van der Waals surface area contributed by atoms with E-state index < -0.39 is 12.8 Å². The van der Waals surface area contributed by atoms with Gasteiger partial charge >= 0.3 is 0 Å². The van der Waals surface area contributed by atoms with Gasteiger partial charge in [-0.25, -0.2) is 4.39 Å². The van der Waals surface area contributed by atoms with Crippen LogP contribution >= 0.6 is 15.9 Å². The highest BCUT2D eigenvalue weighted by Gasteiger charge is 2.16. The molecule has 1 rings (SSSR count). The summed E-state index contributed by atoms with van der Waals surface area (Å²) >= 11 is 3.41. The van der Waals surface area contributed by atoms with Gasteiger partial charge in [-0.15, -0.1) is 0 Å². The predicted molar refractivity (Wildman–Crippen MR) is 76.5 cm³/mol. The van der Waals surface area contributed by atoms with Crippen LogP contribution in [-0.4, -0.2) is 35.2 Å². The number of hydrogen-bond acceptors (Lipinski definition) is 2. The topological polar surface area (TPSA) is 40.5 Å². The molecule has 0 aliphatic heterocycles. The first-order valence-corrected chi connectivity index (χ1v) is 6.67. The van der Waals surface area contributed by atoms with Crippen molar-refractivity contribution in [1.82, 2.24) is 4.90 Å². The molecule has 0 aromatic heterocycles. The standard InChI is InChI=1S/C14H17BrFNO2/c1-3-14(19)17(9-12(18)7-16)8-11-6-10(2)4-5-13(11)15/h3-6,12,18H,1,7-9H2,2H3. The number of carbonyl (C=O) groups excluding carboxylic acids is 1. The van der Waals surface area contributed by atoms with Crippen LogP contribution < -0.4 is 0 Å². The number of aliphatic hydroxyl groups is 1. The zero-order valence-electron chi connectivity index (χ0n) is 10.8. The second-order valence-corrected chi connectivity index (χ2v) is 5.18. The van der Waals surface area contributed by atoms with Gasteiger partial charge in [0, 0.05) is 17.6 Å². The normalized spacial score (nSPS) is 12.0. The van der Waals surface area contributed by atoms with Crippen LogP contribution in [0.2, 0.25) is 0 Å². The molecule has 0 aliphatic rings. The van der Waals surface area contributed by atoms with Gasteiger partial charge in [0.05, 0.1) is 6.10 Å². The van der Waals surface area contributed by atoms with Crippen molar-refractivity contribution in [2.45, 2.75) is 19.6 Å². The molecule has 0 aliphatic carbocycles. The van der Waals surface area contributed by atoms with Gasteiger partial charge in [-0.2, -0.15) is 0 Å². The number of halogens is 2. The van der Waals surface area contributed by atoms with Crippen molar-refractivity contribution in [1.29, 1.82) is 0 Å². The summed E-state index contributed by atoms with van der Waals surface area (Å²) in [5.74, 6) is -0.332. The Bertz CT molecular complexity index is 465. The van der Waals surface area contributed by atoms with Crippen molar-refractivity contribution in [2.24, 2.45) is 0 Å². The van der Waals surface area contributed by atoms with Gasteiger partial charge in [-0.05, 0) is 24.6 Å². The number of amides is 1. The third-order valence-corrected chi connectivity index (χ3v) is 3.43. The zero-order chi connectivity index (χ0) is 14.4. The lowest BCUT2D eigenvalue weighted by molar-refractivity contribution is -0.128. The number of alkyl halides is 1. The SMILES string of the molecule is C=CC(=O)N(Cc1cc(C)ccc1Br)CC(O)CF. The number of nitrogens with zero attached hydrogens (tertiary/aromatic N) is 1. The number of aryl methyl sites for hydroxylation is 1. The first kappa shape index (κ1) is 15.9. The molecule has 104 valence electrons. The van der Waals surface area contributed by atoms with Crippen LogP contribution in [0.4, 0.5) is 4.39 Å². The number of benzene rings is 1. The molecule has 1 atom stereocenters. The van der Waals surface area contributed by atoms with Crippen molar-refractivity contribution in [3.63, 3.8) is 0 Å². The summed E-state index contributed by atoms with van der Waals surface area (Å²) in [6.07, 6.45) is -0.0123. The molecule has 0 radical (unpaired) electrons. The molecule has 19 heavy (non-hydrogen) atoms. The van der Waals surface area contributed by atoms with E-state index in [1.54, 1.807) is 0 Å². The number of aliphatic hydroxyl groups excluding tert-OH is 1.